The van der Waals surface area contributed by atoms with Gasteiger partial charge in [0.25, 0.3) is 0 Å². The third kappa shape index (κ3) is 2.84. The molecule has 19 heavy (non-hydrogen) atoms. The van der Waals surface area contributed by atoms with Crippen LogP contribution in [0.1, 0.15) is 50.4 Å². The zero-order chi connectivity index (χ0) is 13.5. The monoisotopic (exact) mass is 279 g/mol. The van der Waals surface area contributed by atoms with Gasteiger partial charge in [-0.15, -0.1) is 0 Å². The first-order valence-electron chi connectivity index (χ1n) is 7.40. The van der Waals surface area contributed by atoms with Crippen molar-refractivity contribution >= 4 is 11.8 Å². The maximum absolute atomic E-state index is 4.44. The Hall–Kier alpha value is -0.480. The summed E-state index contributed by atoms with van der Waals surface area (Å²) < 4.78 is 2.06. The lowest BCUT2D eigenvalue weighted by molar-refractivity contribution is 0.291. The Bertz CT molecular complexity index is 452. The highest BCUT2D eigenvalue weighted by Crippen LogP contribution is 2.36. The van der Waals surface area contributed by atoms with E-state index in [1.54, 1.807) is 0 Å². The van der Waals surface area contributed by atoms with Gasteiger partial charge < -0.3 is 5.32 Å². The number of hydrogen-bond donors (Lipinski definition) is 1. The first kappa shape index (κ1) is 13.5. The largest absolute Gasteiger partial charge is 0.306 e. The van der Waals surface area contributed by atoms with Gasteiger partial charge in [-0.1, -0.05) is 13.8 Å². The van der Waals surface area contributed by atoms with Gasteiger partial charge in [-0.25, -0.2) is 0 Å². The quantitative estimate of drug-likeness (QED) is 0.903. The molecule has 2 unspecified atom stereocenters. The third-order valence-electron chi connectivity index (χ3n) is 4.42. The molecule has 0 saturated carbocycles. The van der Waals surface area contributed by atoms with Crippen LogP contribution in [0.3, 0.4) is 0 Å². The average Bonchev–Trinajstić information content (AvgIpc) is 2.71. The van der Waals surface area contributed by atoms with Crippen LogP contribution in [-0.2, 0) is 13.5 Å². The SMILES string of the molecule is Cn1ncc2c1CCCC2NC1CSCC(C)(C)C1. The van der Waals surface area contributed by atoms with Crippen molar-refractivity contribution in [3.63, 3.8) is 0 Å². The van der Waals surface area contributed by atoms with Gasteiger partial charge in [0, 0.05) is 36.1 Å². The molecule has 2 atom stereocenters. The molecule has 1 N–H and O–H groups in total. The Labute approximate surface area is 120 Å². The lowest BCUT2D eigenvalue weighted by Crippen LogP contribution is -2.42. The van der Waals surface area contributed by atoms with E-state index in [1.807, 2.05) is 0 Å². The van der Waals surface area contributed by atoms with E-state index in [0.717, 1.165) is 0 Å². The number of nitrogens with one attached hydrogen (secondary N) is 1. The highest BCUT2D eigenvalue weighted by Gasteiger charge is 2.31. The van der Waals surface area contributed by atoms with E-state index in [-0.39, 0.29) is 0 Å². The molecule has 1 aliphatic heterocycles. The fraction of sp³-hybridized carbons (Fsp3) is 0.800. The van der Waals surface area contributed by atoms with Crippen LogP contribution in [0.2, 0.25) is 0 Å². The van der Waals surface area contributed by atoms with Crippen LogP contribution >= 0.6 is 11.8 Å². The minimum Gasteiger partial charge on any atom is -0.306 e. The van der Waals surface area contributed by atoms with Gasteiger partial charge >= 0.3 is 0 Å². The standard InChI is InChI=1S/C15H25N3S/c1-15(2)7-11(9-19-10-15)17-13-5-4-6-14-12(13)8-16-18(14)3/h8,11,13,17H,4-7,9-10H2,1-3H3. The number of hydrogen-bond acceptors (Lipinski definition) is 3. The van der Waals surface area contributed by atoms with Crippen LogP contribution in [0.5, 0.6) is 0 Å². The van der Waals surface area contributed by atoms with Crippen molar-refractivity contribution in [3.8, 4) is 0 Å². The molecule has 3 rings (SSSR count). The second-order valence-electron chi connectivity index (χ2n) is 6.86. The highest BCUT2D eigenvalue weighted by atomic mass is 32.2. The number of rotatable bonds is 2. The molecule has 0 aromatic carbocycles. The zero-order valence-electron chi connectivity index (χ0n) is 12.3. The van der Waals surface area contributed by atoms with E-state index in [1.165, 1.54) is 48.4 Å². The van der Waals surface area contributed by atoms with Crippen LogP contribution < -0.4 is 5.32 Å². The molecule has 1 aromatic rings. The molecule has 1 aliphatic carbocycles. The molecule has 2 aliphatic rings. The summed E-state index contributed by atoms with van der Waals surface area (Å²) >= 11 is 2.10. The van der Waals surface area contributed by atoms with Gasteiger partial charge in [-0.05, 0) is 36.9 Å². The van der Waals surface area contributed by atoms with E-state index in [4.69, 9.17) is 0 Å². The van der Waals surface area contributed by atoms with Crippen LogP contribution in [0, 0.1) is 5.41 Å². The third-order valence-corrected chi connectivity index (χ3v) is 6.05. The highest BCUT2D eigenvalue weighted by molar-refractivity contribution is 7.99. The summed E-state index contributed by atoms with van der Waals surface area (Å²) in [6.45, 7) is 4.79. The summed E-state index contributed by atoms with van der Waals surface area (Å²) in [5.41, 5.74) is 3.36. The van der Waals surface area contributed by atoms with Gasteiger partial charge in [0.2, 0.25) is 0 Å². The molecule has 1 fully saturated rings. The van der Waals surface area contributed by atoms with Gasteiger partial charge in [-0.2, -0.15) is 16.9 Å². The van der Waals surface area contributed by atoms with Crippen molar-refractivity contribution in [2.75, 3.05) is 11.5 Å². The number of nitrogens with zero attached hydrogens (tertiary/aromatic N) is 2. The number of thioether (sulfide) groups is 1. The molecular weight excluding hydrogens is 254 g/mol. The molecule has 106 valence electrons. The maximum atomic E-state index is 4.44. The number of aromatic nitrogens is 2. The fourth-order valence-corrected chi connectivity index (χ4v) is 4.82. The van der Waals surface area contributed by atoms with Crippen LogP contribution in [0.25, 0.3) is 0 Å². The average molecular weight is 279 g/mol. The summed E-state index contributed by atoms with van der Waals surface area (Å²) in [6.07, 6.45) is 7.11. The van der Waals surface area contributed by atoms with Crippen molar-refractivity contribution in [1.29, 1.82) is 0 Å². The molecule has 1 saturated heterocycles. The minimum absolute atomic E-state index is 0.479. The summed E-state index contributed by atoms with van der Waals surface area (Å²) in [4.78, 5) is 0. The molecule has 0 bridgehead atoms. The van der Waals surface area contributed by atoms with Gasteiger partial charge in [0.05, 0.1) is 6.20 Å². The Balaban J connectivity index is 1.71. The fourth-order valence-electron chi connectivity index (χ4n) is 3.53. The molecule has 4 heteroatoms. The Kier molecular flexibility index (Phi) is 3.65. The molecular formula is C15H25N3S. The van der Waals surface area contributed by atoms with E-state index in [9.17, 15) is 0 Å². The Morgan fingerprint density at radius 2 is 2.32 bits per heavy atom. The predicted molar refractivity (Wildman–Crippen MR) is 81.5 cm³/mol. The number of aryl methyl sites for hydroxylation is 1. The van der Waals surface area contributed by atoms with Crippen molar-refractivity contribution in [3.05, 3.63) is 17.5 Å². The van der Waals surface area contributed by atoms with Gasteiger partial charge in [0.1, 0.15) is 0 Å². The van der Waals surface area contributed by atoms with E-state index < -0.39 is 0 Å². The maximum Gasteiger partial charge on any atom is 0.0540 e. The van der Waals surface area contributed by atoms with Crippen LogP contribution in [0.15, 0.2) is 6.20 Å². The van der Waals surface area contributed by atoms with Crippen LogP contribution in [0.4, 0.5) is 0 Å². The smallest absolute Gasteiger partial charge is 0.0540 e. The first-order valence-corrected chi connectivity index (χ1v) is 8.55. The van der Waals surface area contributed by atoms with Crippen molar-refractivity contribution in [1.82, 2.24) is 15.1 Å². The lowest BCUT2D eigenvalue weighted by Gasteiger charge is -2.38. The Morgan fingerprint density at radius 1 is 1.47 bits per heavy atom. The van der Waals surface area contributed by atoms with Crippen molar-refractivity contribution in [2.24, 2.45) is 12.5 Å². The van der Waals surface area contributed by atoms with Crippen molar-refractivity contribution < 1.29 is 0 Å². The first-order chi connectivity index (χ1) is 9.05. The Morgan fingerprint density at radius 3 is 3.11 bits per heavy atom. The topological polar surface area (TPSA) is 29.9 Å². The molecule has 1 aromatic heterocycles. The summed E-state index contributed by atoms with van der Waals surface area (Å²) in [6, 6.07) is 1.18. The lowest BCUT2D eigenvalue weighted by atomic mass is 9.86. The molecule has 0 amide bonds. The van der Waals surface area contributed by atoms with E-state index in [2.05, 4.69) is 54.0 Å². The number of fused-ring (bicyclic) bond motifs is 1. The van der Waals surface area contributed by atoms with Crippen molar-refractivity contribution in [2.45, 2.75) is 51.6 Å². The zero-order valence-corrected chi connectivity index (χ0v) is 13.1. The molecule has 0 radical (unpaired) electrons. The molecule has 2 heterocycles. The normalized spacial score (nSPS) is 30.1. The van der Waals surface area contributed by atoms with E-state index >= 15 is 0 Å². The predicted octanol–water partition coefficient (Wildman–Crippen LogP) is 2.92. The molecule has 0 spiro atoms. The summed E-state index contributed by atoms with van der Waals surface area (Å²) in [5, 5.41) is 8.35. The second-order valence-corrected chi connectivity index (χ2v) is 7.89. The summed E-state index contributed by atoms with van der Waals surface area (Å²) in [7, 11) is 2.07. The molecule has 3 nitrogen and oxygen atoms in total. The van der Waals surface area contributed by atoms with Crippen LogP contribution in [-0.4, -0.2) is 27.3 Å². The minimum atomic E-state index is 0.479. The van der Waals surface area contributed by atoms with E-state index in [0.29, 0.717) is 17.5 Å². The van der Waals surface area contributed by atoms with Gasteiger partial charge in [0.15, 0.2) is 0 Å². The van der Waals surface area contributed by atoms with Gasteiger partial charge in [-0.3, -0.25) is 4.68 Å². The second kappa shape index (κ2) is 5.13. The summed E-state index contributed by atoms with van der Waals surface area (Å²) in [5.74, 6) is 2.56.